The number of nitrogens with zero attached hydrogens (tertiary/aromatic N) is 3. The maximum absolute atomic E-state index is 4.86. The van der Waals surface area contributed by atoms with Crippen LogP contribution in [-0.2, 0) is 13.0 Å². The van der Waals surface area contributed by atoms with Crippen molar-refractivity contribution in [3.63, 3.8) is 0 Å². The molecule has 0 amide bonds. The molecule has 2 heterocycles. The van der Waals surface area contributed by atoms with Gasteiger partial charge in [0.1, 0.15) is 12.0 Å². The van der Waals surface area contributed by atoms with E-state index in [2.05, 4.69) is 57.6 Å². The minimum absolute atomic E-state index is 0. The number of hydrogen-bond acceptors (Lipinski definition) is 3. The van der Waals surface area contributed by atoms with Crippen molar-refractivity contribution in [3.8, 4) is 0 Å². The van der Waals surface area contributed by atoms with Gasteiger partial charge in [-0.25, -0.2) is 4.99 Å². The lowest BCUT2D eigenvalue weighted by Crippen LogP contribution is -2.40. The van der Waals surface area contributed by atoms with E-state index in [0.29, 0.717) is 12.5 Å². The van der Waals surface area contributed by atoms with Crippen molar-refractivity contribution in [1.29, 1.82) is 0 Å². The molecule has 1 fully saturated rings. The molecule has 5 nitrogen and oxygen atoms in total. The minimum atomic E-state index is 0. The molecule has 6 heteroatoms. The monoisotopic (exact) mass is 440 g/mol. The maximum atomic E-state index is 4.86. The first-order valence-electron chi connectivity index (χ1n) is 8.31. The number of aliphatic imine (C=N–C) groups is 1. The summed E-state index contributed by atoms with van der Waals surface area (Å²) in [5.41, 5.74) is 2.28. The fourth-order valence-corrected chi connectivity index (χ4v) is 3.04. The van der Waals surface area contributed by atoms with E-state index in [1.54, 1.807) is 6.26 Å². The zero-order valence-corrected chi connectivity index (χ0v) is 16.3. The molecule has 2 aromatic rings. The fraction of sp³-hybridized carbons (Fsp3) is 0.444. The average Bonchev–Trinajstić information content (AvgIpc) is 3.24. The summed E-state index contributed by atoms with van der Waals surface area (Å²) in [7, 11) is 0. The van der Waals surface area contributed by atoms with Gasteiger partial charge in [0.05, 0.1) is 6.54 Å². The first-order valence-corrected chi connectivity index (χ1v) is 8.31. The molecule has 130 valence electrons. The smallest absolute Gasteiger partial charge is 0.194 e. The van der Waals surface area contributed by atoms with Gasteiger partial charge in [0, 0.05) is 25.7 Å². The molecule has 24 heavy (non-hydrogen) atoms. The molecule has 0 radical (unpaired) electrons. The first-order chi connectivity index (χ1) is 11.3. The number of aromatic nitrogens is 1. The molecule has 0 saturated carbocycles. The summed E-state index contributed by atoms with van der Waals surface area (Å²) in [4.78, 5) is 7.05. The van der Waals surface area contributed by atoms with Crippen LogP contribution in [0.3, 0.4) is 0 Å². The molecular weight excluding hydrogens is 415 g/mol. The van der Waals surface area contributed by atoms with Crippen LogP contribution in [0.5, 0.6) is 0 Å². The highest BCUT2D eigenvalue weighted by Gasteiger charge is 2.24. The van der Waals surface area contributed by atoms with E-state index < -0.39 is 0 Å². The Bertz CT molecular complexity index is 615. The van der Waals surface area contributed by atoms with E-state index in [4.69, 9.17) is 4.52 Å². The highest BCUT2D eigenvalue weighted by Crippen LogP contribution is 2.21. The van der Waals surface area contributed by atoms with E-state index in [-0.39, 0.29) is 24.0 Å². The molecule has 1 aliphatic heterocycles. The van der Waals surface area contributed by atoms with Gasteiger partial charge in [-0.2, -0.15) is 0 Å². The highest BCUT2D eigenvalue weighted by molar-refractivity contribution is 14.0. The summed E-state index contributed by atoms with van der Waals surface area (Å²) >= 11 is 0. The molecule has 1 N–H and O–H groups in total. The summed E-state index contributed by atoms with van der Waals surface area (Å²) in [6, 6.07) is 12.6. The van der Waals surface area contributed by atoms with Crippen LogP contribution in [0.15, 0.2) is 52.2 Å². The van der Waals surface area contributed by atoms with Gasteiger partial charge in [0.15, 0.2) is 5.96 Å². The third-order valence-corrected chi connectivity index (χ3v) is 4.17. The molecule has 0 aliphatic carbocycles. The first kappa shape index (κ1) is 18.8. The lowest BCUT2D eigenvalue weighted by molar-refractivity contribution is 0.411. The summed E-state index contributed by atoms with van der Waals surface area (Å²) in [6.07, 6.45) is 3.94. The van der Waals surface area contributed by atoms with Crippen LogP contribution < -0.4 is 5.32 Å². The fourth-order valence-electron chi connectivity index (χ4n) is 3.04. The molecule has 1 unspecified atom stereocenters. The van der Waals surface area contributed by atoms with Crippen molar-refractivity contribution in [1.82, 2.24) is 15.4 Å². The SMILES string of the molecule is CCNC(=NCc1ccon1)N1CCC(Cc2ccccc2)C1.I. The van der Waals surface area contributed by atoms with Gasteiger partial charge in [-0.15, -0.1) is 24.0 Å². The number of nitrogens with one attached hydrogen (secondary N) is 1. The van der Waals surface area contributed by atoms with Gasteiger partial charge < -0.3 is 14.7 Å². The largest absolute Gasteiger partial charge is 0.364 e. The van der Waals surface area contributed by atoms with Crippen molar-refractivity contribution in [2.24, 2.45) is 10.9 Å². The number of halogens is 1. The quantitative estimate of drug-likeness (QED) is 0.441. The third kappa shape index (κ3) is 5.22. The van der Waals surface area contributed by atoms with Crippen LogP contribution in [0.4, 0.5) is 0 Å². The Labute approximate surface area is 160 Å². The third-order valence-electron chi connectivity index (χ3n) is 4.17. The molecule has 3 rings (SSSR count). The molecule has 1 aromatic carbocycles. The Balaban J connectivity index is 0.00000208. The van der Waals surface area contributed by atoms with Crippen LogP contribution >= 0.6 is 24.0 Å². The van der Waals surface area contributed by atoms with Crippen LogP contribution in [0, 0.1) is 5.92 Å². The van der Waals surface area contributed by atoms with Crippen molar-refractivity contribution in [3.05, 3.63) is 53.9 Å². The van der Waals surface area contributed by atoms with E-state index in [0.717, 1.165) is 37.7 Å². The van der Waals surface area contributed by atoms with Crippen molar-refractivity contribution in [2.45, 2.75) is 26.3 Å². The molecule has 1 aliphatic rings. The van der Waals surface area contributed by atoms with Crippen molar-refractivity contribution < 1.29 is 4.52 Å². The molecule has 0 bridgehead atoms. The Morgan fingerprint density at radius 3 is 2.88 bits per heavy atom. The van der Waals surface area contributed by atoms with Crippen molar-refractivity contribution >= 4 is 29.9 Å². The Hall–Kier alpha value is -1.57. The summed E-state index contributed by atoms with van der Waals surface area (Å²) < 4.78 is 4.86. The number of rotatable bonds is 5. The predicted octanol–water partition coefficient (Wildman–Crippen LogP) is 3.32. The normalized spacial score (nSPS) is 17.6. The van der Waals surface area contributed by atoms with Gasteiger partial charge in [-0.3, -0.25) is 0 Å². The van der Waals surface area contributed by atoms with Gasteiger partial charge in [0.2, 0.25) is 0 Å². The highest BCUT2D eigenvalue weighted by atomic mass is 127. The standard InChI is InChI=1S/C18H24N4O.HI/c1-2-19-18(20-13-17-9-11-23-21-17)22-10-8-16(14-22)12-15-6-4-3-5-7-15;/h3-7,9,11,16H,2,8,10,12-14H2,1H3,(H,19,20);1H. The van der Waals surface area contributed by atoms with Gasteiger partial charge >= 0.3 is 0 Å². The Morgan fingerprint density at radius 1 is 1.33 bits per heavy atom. The van der Waals surface area contributed by atoms with Gasteiger partial charge in [0.25, 0.3) is 0 Å². The van der Waals surface area contributed by atoms with Crippen LogP contribution in [0.25, 0.3) is 0 Å². The summed E-state index contributed by atoms with van der Waals surface area (Å²) in [5.74, 6) is 1.67. The van der Waals surface area contributed by atoms with Crippen LogP contribution in [0.2, 0.25) is 0 Å². The predicted molar refractivity (Wildman–Crippen MR) is 107 cm³/mol. The second kappa shape index (κ2) is 9.66. The second-order valence-electron chi connectivity index (χ2n) is 5.95. The minimum Gasteiger partial charge on any atom is -0.364 e. The number of guanidine groups is 1. The second-order valence-corrected chi connectivity index (χ2v) is 5.95. The molecular formula is C18H25IN4O. The van der Waals surface area contributed by atoms with Gasteiger partial charge in [-0.05, 0) is 31.2 Å². The molecule has 1 aromatic heterocycles. The average molecular weight is 440 g/mol. The number of hydrogen-bond donors (Lipinski definition) is 1. The van der Waals surface area contributed by atoms with Crippen LogP contribution in [0.1, 0.15) is 24.6 Å². The van der Waals surface area contributed by atoms with Crippen molar-refractivity contribution in [2.75, 3.05) is 19.6 Å². The van der Waals surface area contributed by atoms with E-state index >= 15 is 0 Å². The van der Waals surface area contributed by atoms with Gasteiger partial charge in [-0.1, -0.05) is 35.5 Å². The number of benzene rings is 1. The number of likely N-dealkylation sites (tertiary alicyclic amines) is 1. The molecule has 0 spiro atoms. The molecule has 1 atom stereocenters. The Morgan fingerprint density at radius 2 is 2.17 bits per heavy atom. The van der Waals surface area contributed by atoms with E-state index in [1.165, 1.54) is 12.0 Å². The Kier molecular flexibility index (Phi) is 7.55. The molecule has 1 saturated heterocycles. The summed E-state index contributed by atoms with van der Waals surface area (Å²) in [6.45, 7) is 5.64. The topological polar surface area (TPSA) is 53.7 Å². The van der Waals surface area contributed by atoms with E-state index in [9.17, 15) is 0 Å². The zero-order chi connectivity index (χ0) is 15.9. The maximum Gasteiger partial charge on any atom is 0.194 e. The lowest BCUT2D eigenvalue weighted by Gasteiger charge is -2.21. The van der Waals surface area contributed by atoms with Crippen LogP contribution in [-0.4, -0.2) is 35.7 Å². The lowest BCUT2D eigenvalue weighted by atomic mass is 9.99. The zero-order valence-electron chi connectivity index (χ0n) is 14.0. The summed E-state index contributed by atoms with van der Waals surface area (Å²) in [5, 5.41) is 7.31. The van der Waals surface area contributed by atoms with E-state index in [1.807, 2.05) is 6.07 Å².